The van der Waals surface area contributed by atoms with Crippen LogP contribution in [0.3, 0.4) is 0 Å². The zero-order chi connectivity index (χ0) is 10.8. The van der Waals surface area contributed by atoms with Crippen LogP contribution < -0.4 is 5.32 Å². The number of carboxylic acids is 1. The van der Waals surface area contributed by atoms with Crippen molar-refractivity contribution in [3.05, 3.63) is 27.7 Å². The van der Waals surface area contributed by atoms with Gasteiger partial charge in [0.2, 0.25) is 0 Å². The molecule has 1 aromatic rings. The number of benzene rings is 1. The second-order valence-electron chi connectivity index (χ2n) is 3.68. The normalized spacial score (nSPS) is 15.0. The lowest BCUT2D eigenvalue weighted by Gasteiger charge is -2.11. The van der Waals surface area contributed by atoms with Crippen LogP contribution in [-0.2, 0) is 6.42 Å². The fraction of sp³-hybridized carbons (Fsp3) is 0.364. The number of hydrogen-bond acceptors (Lipinski definition) is 2. The van der Waals surface area contributed by atoms with Crippen LogP contribution in [0.5, 0.6) is 0 Å². The smallest absolute Gasteiger partial charge is 0.337 e. The standard InChI is InChI=1S/C11H12BrNO2/c12-8-5-7-3-1-2-4-13-10(7)9(6-8)11(14)15/h5-6,13H,1-4H2,(H,14,15). The number of aromatic carboxylic acids is 1. The zero-order valence-electron chi connectivity index (χ0n) is 8.22. The Kier molecular flexibility index (Phi) is 2.95. The van der Waals surface area contributed by atoms with Gasteiger partial charge in [0, 0.05) is 11.0 Å². The van der Waals surface area contributed by atoms with Crippen molar-refractivity contribution in [3.8, 4) is 0 Å². The van der Waals surface area contributed by atoms with Crippen LogP contribution in [0.15, 0.2) is 16.6 Å². The maximum atomic E-state index is 11.1. The summed E-state index contributed by atoms with van der Waals surface area (Å²) in [6.07, 6.45) is 3.14. The summed E-state index contributed by atoms with van der Waals surface area (Å²) in [4.78, 5) is 11.1. The van der Waals surface area contributed by atoms with Crippen molar-refractivity contribution in [2.75, 3.05) is 11.9 Å². The van der Waals surface area contributed by atoms with E-state index < -0.39 is 5.97 Å². The Morgan fingerprint density at radius 2 is 2.20 bits per heavy atom. The summed E-state index contributed by atoms with van der Waals surface area (Å²) >= 11 is 3.34. The third-order valence-electron chi connectivity index (χ3n) is 2.59. The van der Waals surface area contributed by atoms with Crippen molar-refractivity contribution >= 4 is 27.6 Å². The quantitative estimate of drug-likeness (QED) is 0.824. The molecule has 1 aliphatic rings. The third kappa shape index (κ3) is 2.15. The monoisotopic (exact) mass is 269 g/mol. The van der Waals surface area contributed by atoms with Gasteiger partial charge in [-0.05, 0) is 37.0 Å². The van der Waals surface area contributed by atoms with E-state index in [0.29, 0.717) is 5.56 Å². The van der Waals surface area contributed by atoms with Crippen LogP contribution in [0.1, 0.15) is 28.8 Å². The number of halogens is 1. The van der Waals surface area contributed by atoms with E-state index in [-0.39, 0.29) is 0 Å². The molecule has 0 amide bonds. The van der Waals surface area contributed by atoms with E-state index in [1.807, 2.05) is 6.07 Å². The Balaban J connectivity index is 2.54. The molecule has 0 radical (unpaired) electrons. The molecule has 15 heavy (non-hydrogen) atoms. The number of fused-ring (bicyclic) bond motifs is 1. The van der Waals surface area contributed by atoms with Gasteiger partial charge in [-0.25, -0.2) is 4.79 Å². The Labute approximate surface area is 96.6 Å². The molecule has 2 rings (SSSR count). The molecule has 4 heteroatoms. The van der Waals surface area contributed by atoms with Crippen molar-refractivity contribution in [1.82, 2.24) is 0 Å². The average Bonchev–Trinajstić information content (AvgIpc) is 2.41. The molecule has 1 aliphatic heterocycles. The number of rotatable bonds is 1. The molecule has 0 atom stereocenters. The second kappa shape index (κ2) is 4.23. The number of aryl methyl sites for hydroxylation is 1. The first-order valence-corrected chi connectivity index (χ1v) is 5.77. The Morgan fingerprint density at radius 3 is 2.93 bits per heavy atom. The predicted octanol–water partition coefficient (Wildman–Crippen LogP) is 2.90. The van der Waals surface area contributed by atoms with Gasteiger partial charge in [0.25, 0.3) is 0 Å². The van der Waals surface area contributed by atoms with Gasteiger partial charge in [-0.1, -0.05) is 15.9 Å². The summed E-state index contributed by atoms with van der Waals surface area (Å²) < 4.78 is 0.836. The number of carboxylic acid groups (broad SMARTS) is 1. The molecule has 0 unspecified atom stereocenters. The minimum absolute atomic E-state index is 0.362. The van der Waals surface area contributed by atoms with Gasteiger partial charge < -0.3 is 10.4 Å². The van der Waals surface area contributed by atoms with Crippen LogP contribution in [0.25, 0.3) is 0 Å². The lowest BCUT2D eigenvalue weighted by molar-refractivity contribution is 0.0698. The highest BCUT2D eigenvalue weighted by Crippen LogP contribution is 2.29. The molecule has 80 valence electrons. The molecule has 1 heterocycles. The Morgan fingerprint density at radius 1 is 1.40 bits per heavy atom. The summed E-state index contributed by atoms with van der Waals surface area (Å²) in [6.45, 7) is 0.856. The first-order valence-electron chi connectivity index (χ1n) is 4.98. The zero-order valence-corrected chi connectivity index (χ0v) is 9.80. The predicted molar refractivity (Wildman–Crippen MR) is 62.5 cm³/mol. The maximum Gasteiger partial charge on any atom is 0.337 e. The van der Waals surface area contributed by atoms with Gasteiger partial charge >= 0.3 is 5.97 Å². The van der Waals surface area contributed by atoms with Crippen molar-refractivity contribution in [3.63, 3.8) is 0 Å². The largest absolute Gasteiger partial charge is 0.478 e. The van der Waals surface area contributed by atoms with E-state index in [9.17, 15) is 4.79 Å². The fourth-order valence-corrected chi connectivity index (χ4v) is 2.40. The number of hydrogen-bond donors (Lipinski definition) is 2. The van der Waals surface area contributed by atoms with Gasteiger partial charge in [-0.2, -0.15) is 0 Å². The molecule has 0 aromatic heterocycles. The highest BCUT2D eigenvalue weighted by molar-refractivity contribution is 9.10. The molecule has 1 aromatic carbocycles. The summed E-state index contributed by atoms with van der Waals surface area (Å²) in [7, 11) is 0. The molecule has 0 saturated carbocycles. The molecule has 0 bridgehead atoms. The topological polar surface area (TPSA) is 49.3 Å². The van der Waals surface area contributed by atoms with Crippen LogP contribution >= 0.6 is 15.9 Å². The van der Waals surface area contributed by atoms with Crippen LogP contribution in [0.2, 0.25) is 0 Å². The van der Waals surface area contributed by atoms with Crippen molar-refractivity contribution in [2.45, 2.75) is 19.3 Å². The van der Waals surface area contributed by atoms with Crippen molar-refractivity contribution in [1.29, 1.82) is 0 Å². The van der Waals surface area contributed by atoms with Gasteiger partial charge in [0.1, 0.15) is 0 Å². The summed E-state index contributed by atoms with van der Waals surface area (Å²) in [5.74, 6) is -0.873. The second-order valence-corrected chi connectivity index (χ2v) is 4.59. The van der Waals surface area contributed by atoms with Gasteiger partial charge in [-0.3, -0.25) is 0 Å². The van der Waals surface area contributed by atoms with E-state index in [2.05, 4.69) is 21.2 Å². The minimum atomic E-state index is -0.873. The maximum absolute atomic E-state index is 11.1. The molecule has 2 N–H and O–H groups in total. The number of anilines is 1. The van der Waals surface area contributed by atoms with Crippen LogP contribution in [-0.4, -0.2) is 17.6 Å². The summed E-state index contributed by atoms with van der Waals surface area (Å²) in [6, 6.07) is 3.65. The number of carbonyl (C=O) groups is 1. The van der Waals surface area contributed by atoms with Crippen LogP contribution in [0, 0.1) is 0 Å². The van der Waals surface area contributed by atoms with Gasteiger partial charge in [0.15, 0.2) is 0 Å². The lowest BCUT2D eigenvalue weighted by Crippen LogP contribution is -2.07. The number of nitrogens with one attached hydrogen (secondary N) is 1. The molecular weight excluding hydrogens is 258 g/mol. The summed E-state index contributed by atoms with van der Waals surface area (Å²) in [5, 5.41) is 12.3. The minimum Gasteiger partial charge on any atom is -0.478 e. The van der Waals surface area contributed by atoms with E-state index in [1.165, 1.54) is 0 Å². The van der Waals surface area contributed by atoms with E-state index in [4.69, 9.17) is 5.11 Å². The molecule has 0 spiro atoms. The molecule has 3 nitrogen and oxygen atoms in total. The van der Waals surface area contributed by atoms with E-state index in [0.717, 1.165) is 41.5 Å². The van der Waals surface area contributed by atoms with Gasteiger partial charge in [0.05, 0.1) is 11.3 Å². The average molecular weight is 270 g/mol. The van der Waals surface area contributed by atoms with Crippen molar-refractivity contribution < 1.29 is 9.90 Å². The first kappa shape index (κ1) is 10.5. The third-order valence-corrected chi connectivity index (χ3v) is 3.05. The van der Waals surface area contributed by atoms with E-state index >= 15 is 0 Å². The molecule has 0 fully saturated rings. The Hall–Kier alpha value is -1.03. The SMILES string of the molecule is O=C(O)c1cc(Br)cc2c1NCCCC2. The molecule has 0 saturated heterocycles. The summed E-state index contributed by atoms with van der Waals surface area (Å²) in [5.41, 5.74) is 2.25. The lowest BCUT2D eigenvalue weighted by atomic mass is 10.0. The highest BCUT2D eigenvalue weighted by Gasteiger charge is 2.16. The molecule has 0 aliphatic carbocycles. The highest BCUT2D eigenvalue weighted by atomic mass is 79.9. The van der Waals surface area contributed by atoms with Crippen LogP contribution in [0.4, 0.5) is 5.69 Å². The molecular formula is C11H12BrNO2. The van der Waals surface area contributed by atoms with Gasteiger partial charge in [-0.15, -0.1) is 0 Å². The van der Waals surface area contributed by atoms with Crippen molar-refractivity contribution in [2.24, 2.45) is 0 Å². The Bertz CT molecular complexity index is 404. The fourth-order valence-electron chi connectivity index (χ4n) is 1.89. The first-order chi connectivity index (χ1) is 7.18. The van der Waals surface area contributed by atoms with E-state index in [1.54, 1.807) is 6.07 Å².